The zero-order valence-corrected chi connectivity index (χ0v) is 9.52. The Kier molecular flexibility index (Phi) is 4.84. The van der Waals surface area contributed by atoms with Crippen molar-refractivity contribution in [3.8, 4) is 0 Å². The van der Waals surface area contributed by atoms with Gasteiger partial charge >= 0.3 is 0 Å². The number of hydrogen-bond acceptors (Lipinski definition) is 3. The number of ketones is 1. The molecular weight excluding hydrogens is 196 g/mol. The van der Waals surface area contributed by atoms with Gasteiger partial charge in [0.15, 0.2) is 5.78 Å². The lowest BCUT2D eigenvalue weighted by molar-refractivity contribution is 0.0967. The fourth-order valence-electron chi connectivity index (χ4n) is 1.22. The summed E-state index contributed by atoms with van der Waals surface area (Å²) in [6, 6.07) is 3.97. The Hall–Kier alpha value is -0.670. The molecule has 1 aromatic heterocycles. The van der Waals surface area contributed by atoms with Crippen LogP contribution in [0.4, 0.5) is 0 Å². The van der Waals surface area contributed by atoms with Crippen LogP contribution in [0.5, 0.6) is 0 Å². The molecule has 14 heavy (non-hydrogen) atoms. The summed E-state index contributed by atoms with van der Waals surface area (Å²) in [4.78, 5) is 13.8. The van der Waals surface area contributed by atoms with Crippen molar-refractivity contribution in [2.75, 3.05) is 13.7 Å². The minimum atomic E-state index is 0.242. The maximum absolute atomic E-state index is 11.6. The Morgan fingerprint density at radius 3 is 2.86 bits per heavy atom. The average Bonchev–Trinajstić information content (AvgIpc) is 2.66. The summed E-state index contributed by atoms with van der Waals surface area (Å²) in [5.41, 5.74) is 0. The molecule has 0 amide bonds. The first-order valence-corrected chi connectivity index (χ1v) is 5.70. The maximum Gasteiger partial charge on any atom is 0.172 e. The summed E-state index contributed by atoms with van der Waals surface area (Å²) >= 11 is 1.61. The molecule has 0 atom stereocenters. The van der Waals surface area contributed by atoms with Crippen LogP contribution in [0, 0.1) is 0 Å². The molecule has 0 spiro atoms. The summed E-state index contributed by atoms with van der Waals surface area (Å²) in [5.74, 6) is 0.242. The fraction of sp³-hybridized carbons (Fsp3) is 0.545. The third-order valence-corrected chi connectivity index (χ3v) is 3.31. The zero-order valence-electron chi connectivity index (χ0n) is 8.71. The number of methoxy groups -OCH3 is 1. The van der Waals surface area contributed by atoms with E-state index < -0.39 is 0 Å². The van der Waals surface area contributed by atoms with Crippen molar-refractivity contribution in [2.24, 2.45) is 0 Å². The summed E-state index contributed by atoms with van der Waals surface area (Å²) in [5, 5.41) is 0. The van der Waals surface area contributed by atoms with Gasteiger partial charge in [0.05, 0.1) is 4.88 Å². The monoisotopic (exact) mass is 212 g/mol. The third kappa shape index (κ3) is 3.24. The van der Waals surface area contributed by atoms with Gasteiger partial charge in [-0.05, 0) is 25.0 Å². The highest BCUT2D eigenvalue weighted by molar-refractivity contribution is 7.14. The summed E-state index contributed by atoms with van der Waals surface area (Å²) < 4.78 is 4.91. The smallest absolute Gasteiger partial charge is 0.172 e. The van der Waals surface area contributed by atoms with Crippen molar-refractivity contribution >= 4 is 17.1 Å². The average molecular weight is 212 g/mol. The van der Waals surface area contributed by atoms with E-state index in [1.165, 1.54) is 4.88 Å². The molecule has 0 bridgehead atoms. The lowest BCUT2D eigenvalue weighted by Gasteiger charge is -1.97. The van der Waals surface area contributed by atoms with E-state index in [0.717, 1.165) is 17.7 Å². The molecule has 1 heterocycles. The second-order valence-corrected chi connectivity index (χ2v) is 4.31. The number of aryl methyl sites for hydroxylation is 1. The summed E-state index contributed by atoms with van der Waals surface area (Å²) in [6.45, 7) is 2.77. The number of rotatable bonds is 6. The van der Waals surface area contributed by atoms with Crippen molar-refractivity contribution < 1.29 is 9.53 Å². The topological polar surface area (TPSA) is 26.3 Å². The number of thiophene rings is 1. The van der Waals surface area contributed by atoms with Gasteiger partial charge in [-0.2, -0.15) is 0 Å². The number of ether oxygens (including phenoxy) is 1. The minimum absolute atomic E-state index is 0.242. The SMILES string of the molecule is CCc1ccc(C(=O)CCCOC)s1. The molecule has 0 N–H and O–H groups in total. The van der Waals surface area contributed by atoms with Crippen molar-refractivity contribution in [1.29, 1.82) is 0 Å². The molecule has 0 aromatic carbocycles. The number of Topliss-reactive ketones (excluding diaryl/α,β-unsaturated/α-hetero) is 1. The fourth-order valence-corrected chi connectivity index (χ4v) is 2.13. The van der Waals surface area contributed by atoms with Gasteiger partial charge in [-0.25, -0.2) is 0 Å². The van der Waals surface area contributed by atoms with Gasteiger partial charge in [0.2, 0.25) is 0 Å². The first-order valence-electron chi connectivity index (χ1n) is 4.88. The molecule has 1 rings (SSSR count). The first kappa shape index (κ1) is 11.4. The molecule has 0 radical (unpaired) electrons. The van der Waals surface area contributed by atoms with Crippen LogP contribution in [-0.4, -0.2) is 19.5 Å². The van der Waals surface area contributed by atoms with Gasteiger partial charge in [0.1, 0.15) is 0 Å². The van der Waals surface area contributed by atoms with Crippen molar-refractivity contribution in [2.45, 2.75) is 26.2 Å². The van der Waals surface area contributed by atoms with Crippen LogP contribution < -0.4 is 0 Å². The quantitative estimate of drug-likeness (QED) is 0.535. The van der Waals surface area contributed by atoms with Gasteiger partial charge in [0.25, 0.3) is 0 Å². The molecule has 0 aliphatic carbocycles. The van der Waals surface area contributed by atoms with Gasteiger partial charge in [-0.15, -0.1) is 11.3 Å². The number of carbonyl (C=O) groups excluding carboxylic acids is 1. The Morgan fingerprint density at radius 2 is 2.29 bits per heavy atom. The molecule has 78 valence electrons. The zero-order chi connectivity index (χ0) is 10.4. The van der Waals surface area contributed by atoms with Crippen molar-refractivity contribution in [3.05, 3.63) is 21.9 Å². The Balaban J connectivity index is 2.44. The highest BCUT2D eigenvalue weighted by Crippen LogP contribution is 2.18. The molecule has 3 heteroatoms. The van der Waals surface area contributed by atoms with Gasteiger partial charge in [0, 0.05) is 25.0 Å². The molecule has 0 aliphatic heterocycles. The number of carbonyl (C=O) groups is 1. The lowest BCUT2D eigenvalue weighted by Crippen LogP contribution is -1.98. The Morgan fingerprint density at radius 1 is 1.50 bits per heavy atom. The molecule has 2 nitrogen and oxygen atoms in total. The number of hydrogen-bond donors (Lipinski definition) is 0. The second-order valence-electron chi connectivity index (χ2n) is 3.14. The first-order chi connectivity index (χ1) is 6.77. The van der Waals surface area contributed by atoms with E-state index in [0.29, 0.717) is 13.0 Å². The highest BCUT2D eigenvalue weighted by Gasteiger charge is 2.07. The summed E-state index contributed by atoms with van der Waals surface area (Å²) in [7, 11) is 1.66. The molecule has 1 aromatic rings. The predicted molar refractivity (Wildman–Crippen MR) is 59.1 cm³/mol. The van der Waals surface area contributed by atoms with E-state index in [4.69, 9.17) is 4.74 Å². The summed E-state index contributed by atoms with van der Waals surface area (Å²) in [6.07, 6.45) is 2.42. The van der Waals surface area contributed by atoms with E-state index >= 15 is 0 Å². The second kappa shape index (κ2) is 5.94. The van der Waals surface area contributed by atoms with Crippen molar-refractivity contribution in [1.82, 2.24) is 0 Å². The van der Waals surface area contributed by atoms with E-state index in [1.807, 2.05) is 12.1 Å². The highest BCUT2D eigenvalue weighted by atomic mass is 32.1. The molecular formula is C11H16O2S. The van der Waals surface area contributed by atoms with Gasteiger partial charge in [-0.1, -0.05) is 6.92 Å². The minimum Gasteiger partial charge on any atom is -0.385 e. The molecule has 0 unspecified atom stereocenters. The molecule has 0 saturated carbocycles. The van der Waals surface area contributed by atoms with E-state index in [-0.39, 0.29) is 5.78 Å². The van der Waals surface area contributed by atoms with Crippen LogP contribution in [0.1, 0.15) is 34.3 Å². The maximum atomic E-state index is 11.6. The van der Waals surface area contributed by atoms with E-state index in [9.17, 15) is 4.79 Å². The largest absolute Gasteiger partial charge is 0.385 e. The third-order valence-electron chi connectivity index (χ3n) is 2.04. The van der Waals surface area contributed by atoms with Crippen LogP contribution in [-0.2, 0) is 11.2 Å². The van der Waals surface area contributed by atoms with Crippen LogP contribution in [0.3, 0.4) is 0 Å². The lowest BCUT2D eigenvalue weighted by atomic mass is 10.2. The Labute approximate surface area is 88.9 Å². The molecule has 0 aliphatic rings. The van der Waals surface area contributed by atoms with Crippen LogP contribution in [0.2, 0.25) is 0 Å². The van der Waals surface area contributed by atoms with E-state index in [2.05, 4.69) is 6.92 Å². The molecule has 0 saturated heterocycles. The van der Waals surface area contributed by atoms with Crippen molar-refractivity contribution in [3.63, 3.8) is 0 Å². The molecule has 0 fully saturated rings. The van der Waals surface area contributed by atoms with Crippen LogP contribution in [0.25, 0.3) is 0 Å². The van der Waals surface area contributed by atoms with Crippen LogP contribution >= 0.6 is 11.3 Å². The van der Waals surface area contributed by atoms with Gasteiger partial charge < -0.3 is 4.74 Å². The predicted octanol–water partition coefficient (Wildman–Crippen LogP) is 2.92. The Bertz CT molecular complexity index is 291. The normalized spacial score (nSPS) is 10.4. The van der Waals surface area contributed by atoms with E-state index in [1.54, 1.807) is 18.4 Å². The standard InChI is InChI=1S/C11H16O2S/c1-3-9-6-7-11(14-9)10(12)5-4-8-13-2/h6-7H,3-5,8H2,1-2H3. The van der Waals surface area contributed by atoms with Gasteiger partial charge in [-0.3, -0.25) is 4.79 Å². The van der Waals surface area contributed by atoms with Crippen LogP contribution in [0.15, 0.2) is 12.1 Å².